The molecule has 1 amide bonds. The van der Waals surface area contributed by atoms with Crippen molar-refractivity contribution in [2.75, 3.05) is 20.1 Å². The summed E-state index contributed by atoms with van der Waals surface area (Å²) in [6, 6.07) is 8.47. The molecule has 7 heteroatoms. The second-order valence-electron chi connectivity index (χ2n) is 5.64. The first kappa shape index (κ1) is 19.7. The second-order valence-corrected chi connectivity index (χ2v) is 5.64. The number of para-hydroxylation sites is 2. The van der Waals surface area contributed by atoms with Crippen LogP contribution < -0.4 is 5.32 Å². The third-order valence-electron chi connectivity index (χ3n) is 4.28. The lowest BCUT2D eigenvalue weighted by atomic mass is 10.1. The minimum Gasteiger partial charge on any atom is -0.341 e. The van der Waals surface area contributed by atoms with Crippen molar-refractivity contribution in [2.24, 2.45) is 0 Å². The van der Waals surface area contributed by atoms with Crippen LogP contribution in [0.25, 0.3) is 11.0 Å². The SMILES string of the molecule is CNC1CCCN(C(=O)CCn2cnc3ccccc32)C1.Cl.Cl. The molecule has 0 aliphatic carbocycles. The molecule has 1 unspecified atom stereocenters. The molecule has 0 bridgehead atoms. The van der Waals surface area contributed by atoms with E-state index in [-0.39, 0.29) is 30.7 Å². The van der Waals surface area contributed by atoms with E-state index in [4.69, 9.17) is 0 Å². The number of aryl methyl sites for hydroxylation is 1. The summed E-state index contributed by atoms with van der Waals surface area (Å²) < 4.78 is 2.06. The fraction of sp³-hybridized carbons (Fsp3) is 0.500. The number of nitrogens with zero attached hydrogens (tertiary/aromatic N) is 3. The summed E-state index contributed by atoms with van der Waals surface area (Å²) in [5.41, 5.74) is 2.08. The topological polar surface area (TPSA) is 50.2 Å². The van der Waals surface area contributed by atoms with Crippen molar-refractivity contribution in [3.63, 3.8) is 0 Å². The van der Waals surface area contributed by atoms with E-state index in [9.17, 15) is 4.79 Å². The highest BCUT2D eigenvalue weighted by Gasteiger charge is 2.22. The molecule has 1 atom stereocenters. The molecular formula is C16H24Cl2N4O. The van der Waals surface area contributed by atoms with Crippen LogP contribution in [0.1, 0.15) is 19.3 Å². The first-order valence-corrected chi connectivity index (χ1v) is 7.63. The molecule has 1 aromatic heterocycles. The van der Waals surface area contributed by atoms with Crippen LogP contribution in [0.5, 0.6) is 0 Å². The number of nitrogens with one attached hydrogen (secondary N) is 1. The molecule has 1 aromatic carbocycles. The number of hydrogen-bond acceptors (Lipinski definition) is 3. The number of aromatic nitrogens is 2. The van der Waals surface area contributed by atoms with Gasteiger partial charge in [0.1, 0.15) is 0 Å². The smallest absolute Gasteiger partial charge is 0.224 e. The molecular weight excluding hydrogens is 335 g/mol. The number of amides is 1. The van der Waals surface area contributed by atoms with Gasteiger partial charge in [0.15, 0.2) is 0 Å². The van der Waals surface area contributed by atoms with Crippen LogP contribution >= 0.6 is 24.8 Å². The Labute approximate surface area is 149 Å². The number of benzene rings is 1. The molecule has 0 radical (unpaired) electrons. The van der Waals surface area contributed by atoms with Crippen LogP contribution in [0.4, 0.5) is 0 Å². The number of fused-ring (bicyclic) bond motifs is 1. The maximum atomic E-state index is 12.4. The maximum absolute atomic E-state index is 12.4. The quantitative estimate of drug-likeness (QED) is 0.913. The van der Waals surface area contributed by atoms with E-state index in [1.165, 1.54) is 0 Å². The largest absolute Gasteiger partial charge is 0.341 e. The molecule has 3 rings (SSSR count). The van der Waals surface area contributed by atoms with Crippen LogP contribution in [0, 0.1) is 0 Å². The zero-order valence-electron chi connectivity index (χ0n) is 13.3. The van der Waals surface area contributed by atoms with Crippen molar-refractivity contribution in [3.8, 4) is 0 Å². The van der Waals surface area contributed by atoms with Gasteiger partial charge in [-0.15, -0.1) is 24.8 Å². The van der Waals surface area contributed by atoms with Gasteiger partial charge in [-0.3, -0.25) is 4.79 Å². The lowest BCUT2D eigenvalue weighted by molar-refractivity contribution is -0.132. The van der Waals surface area contributed by atoms with E-state index in [2.05, 4.69) is 14.9 Å². The van der Waals surface area contributed by atoms with Gasteiger partial charge in [-0.05, 0) is 32.0 Å². The summed E-state index contributed by atoms with van der Waals surface area (Å²) in [5, 5.41) is 3.27. The summed E-state index contributed by atoms with van der Waals surface area (Å²) in [6.07, 6.45) is 4.61. The van der Waals surface area contributed by atoms with Gasteiger partial charge in [0.25, 0.3) is 0 Å². The van der Waals surface area contributed by atoms with Crippen LogP contribution in [0.15, 0.2) is 30.6 Å². The number of carbonyl (C=O) groups excluding carboxylic acids is 1. The zero-order valence-corrected chi connectivity index (χ0v) is 14.9. The Kier molecular flexibility index (Phi) is 7.82. The number of hydrogen-bond donors (Lipinski definition) is 1. The third-order valence-corrected chi connectivity index (χ3v) is 4.28. The zero-order chi connectivity index (χ0) is 14.7. The first-order chi connectivity index (χ1) is 10.3. The molecule has 2 heterocycles. The number of rotatable bonds is 4. The Hall–Kier alpha value is -1.30. The summed E-state index contributed by atoms with van der Waals surface area (Å²) in [7, 11) is 1.97. The molecule has 1 fully saturated rings. The van der Waals surface area contributed by atoms with E-state index in [0.29, 0.717) is 19.0 Å². The van der Waals surface area contributed by atoms with Crippen LogP contribution in [-0.2, 0) is 11.3 Å². The van der Waals surface area contributed by atoms with Crippen molar-refractivity contribution < 1.29 is 4.79 Å². The van der Waals surface area contributed by atoms with Crippen molar-refractivity contribution in [1.82, 2.24) is 19.8 Å². The highest BCUT2D eigenvalue weighted by Crippen LogP contribution is 2.14. The van der Waals surface area contributed by atoms with E-state index >= 15 is 0 Å². The molecule has 1 saturated heterocycles. The number of halogens is 2. The van der Waals surface area contributed by atoms with Gasteiger partial charge in [0, 0.05) is 32.1 Å². The highest BCUT2D eigenvalue weighted by atomic mass is 35.5. The van der Waals surface area contributed by atoms with E-state index in [1.54, 1.807) is 0 Å². The molecule has 23 heavy (non-hydrogen) atoms. The summed E-state index contributed by atoms with van der Waals surface area (Å²) >= 11 is 0. The van der Waals surface area contributed by atoms with Gasteiger partial charge < -0.3 is 14.8 Å². The standard InChI is InChI=1S/C16H22N4O.2ClH/c1-17-13-5-4-9-19(11-13)16(21)8-10-20-12-18-14-6-2-3-7-15(14)20;;/h2-3,6-7,12-13,17H,4-5,8-11H2,1H3;2*1H. The number of carbonyl (C=O) groups is 1. The number of piperidine rings is 1. The van der Waals surface area contributed by atoms with Gasteiger partial charge in [-0.1, -0.05) is 12.1 Å². The number of likely N-dealkylation sites (tertiary alicyclic amines) is 1. The molecule has 0 spiro atoms. The highest BCUT2D eigenvalue weighted by molar-refractivity contribution is 5.85. The summed E-state index contributed by atoms with van der Waals surface area (Å²) in [4.78, 5) is 18.7. The second kappa shape index (κ2) is 9.11. The molecule has 2 aromatic rings. The number of likely N-dealkylation sites (N-methyl/N-ethyl adjacent to an activating group) is 1. The molecule has 1 aliphatic heterocycles. The fourth-order valence-electron chi connectivity index (χ4n) is 3.00. The fourth-order valence-corrected chi connectivity index (χ4v) is 3.00. The van der Waals surface area contributed by atoms with Gasteiger partial charge in [0.05, 0.1) is 17.4 Å². The minimum absolute atomic E-state index is 0. The molecule has 5 nitrogen and oxygen atoms in total. The lowest BCUT2D eigenvalue weighted by Crippen LogP contribution is -2.47. The number of imidazole rings is 1. The summed E-state index contributed by atoms with van der Waals surface area (Å²) in [6.45, 7) is 2.42. The van der Waals surface area contributed by atoms with E-state index < -0.39 is 0 Å². The molecule has 0 saturated carbocycles. The molecule has 1 N–H and O–H groups in total. The average Bonchev–Trinajstić information content (AvgIpc) is 2.96. The van der Waals surface area contributed by atoms with Gasteiger partial charge in [-0.2, -0.15) is 0 Å². The Morgan fingerprint density at radius 3 is 2.91 bits per heavy atom. The van der Waals surface area contributed by atoms with E-state index in [0.717, 1.165) is 37.0 Å². The minimum atomic E-state index is 0. The van der Waals surface area contributed by atoms with Gasteiger partial charge >= 0.3 is 0 Å². The molecule has 128 valence electrons. The van der Waals surface area contributed by atoms with Crippen molar-refractivity contribution in [2.45, 2.75) is 31.8 Å². The Balaban J connectivity index is 0.00000132. The van der Waals surface area contributed by atoms with Crippen LogP contribution in [0.3, 0.4) is 0 Å². The normalized spacial score (nSPS) is 17.4. The average molecular weight is 359 g/mol. The van der Waals surface area contributed by atoms with Gasteiger partial charge in [-0.25, -0.2) is 4.98 Å². The Bertz CT molecular complexity index is 631. The third kappa shape index (κ3) is 4.59. The lowest BCUT2D eigenvalue weighted by Gasteiger charge is -2.32. The molecule has 1 aliphatic rings. The van der Waals surface area contributed by atoms with Crippen molar-refractivity contribution >= 4 is 41.8 Å². The first-order valence-electron chi connectivity index (χ1n) is 7.63. The van der Waals surface area contributed by atoms with Crippen molar-refractivity contribution in [1.29, 1.82) is 0 Å². The van der Waals surface area contributed by atoms with Crippen LogP contribution in [0.2, 0.25) is 0 Å². The predicted molar refractivity (Wildman–Crippen MR) is 97.5 cm³/mol. The monoisotopic (exact) mass is 358 g/mol. The van der Waals surface area contributed by atoms with E-state index in [1.807, 2.05) is 42.5 Å². The van der Waals surface area contributed by atoms with Gasteiger partial charge in [0.2, 0.25) is 5.91 Å². The Morgan fingerprint density at radius 1 is 1.35 bits per heavy atom. The predicted octanol–water partition coefficient (Wildman–Crippen LogP) is 2.48. The van der Waals surface area contributed by atoms with Crippen molar-refractivity contribution in [3.05, 3.63) is 30.6 Å². The summed E-state index contributed by atoms with van der Waals surface area (Å²) in [5.74, 6) is 0.243. The Morgan fingerprint density at radius 2 is 2.13 bits per heavy atom. The van der Waals surface area contributed by atoms with Crippen LogP contribution in [-0.4, -0.2) is 46.5 Å². The maximum Gasteiger partial charge on any atom is 0.224 e.